The van der Waals surface area contributed by atoms with Gasteiger partial charge in [0.15, 0.2) is 15.6 Å². The number of phenols is 1. The van der Waals surface area contributed by atoms with E-state index in [1.807, 2.05) is 0 Å². The quantitative estimate of drug-likeness (QED) is 0.629. The van der Waals surface area contributed by atoms with E-state index in [0.717, 1.165) is 4.90 Å². The zero-order valence-corrected chi connectivity index (χ0v) is 13.5. The molecule has 0 amide bonds. The second-order valence-corrected chi connectivity index (χ2v) is 8.02. The number of piperidine rings is 1. The van der Waals surface area contributed by atoms with Crippen molar-refractivity contribution in [1.29, 1.82) is 0 Å². The lowest BCUT2D eigenvalue weighted by Crippen LogP contribution is -2.43. The van der Waals surface area contributed by atoms with E-state index in [-0.39, 0.29) is 36.6 Å². The smallest absolute Gasteiger partial charge is 0.401 e. The Hall–Kier alpha value is -1.19. The number of alkyl halides is 3. The number of nitrogens with two attached hydrogens (primary N) is 1. The minimum absolute atomic E-state index is 0.00407. The highest BCUT2D eigenvalue weighted by Gasteiger charge is 2.38. The van der Waals surface area contributed by atoms with Crippen molar-refractivity contribution in [2.75, 3.05) is 25.4 Å². The molecule has 0 unspecified atom stereocenters. The molecule has 2 rings (SSSR count). The summed E-state index contributed by atoms with van der Waals surface area (Å²) in [7, 11) is -3.98. The number of rotatable bonds is 3. The first-order chi connectivity index (χ1) is 10.5. The molecule has 1 aromatic carbocycles. The lowest BCUT2D eigenvalue weighted by atomic mass is 10.1. The number of nitrogen functional groups attached to an aromatic ring is 1. The molecule has 0 saturated carbocycles. The van der Waals surface area contributed by atoms with Gasteiger partial charge in [-0.3, -0.25) is 4.90 Å². The average Bonchev–Trinajstić information content (AvgIpc) is 2.42. The van der Waals surface area contributed by atoms with Crippen LogP contribution in [0, 0.1) is 0 Å². The summed E-state index contributed by atoms with van der Waals surface area (Å²) in [5.41, 5.74) is 5.38. The Morgan fingerprint density at radius 2 is 1.87 bits per heavy atom. The van der Waals surface area contributed by atoms with Crippen LogP contribution in [0.5, 0.6) is 5.75 Å². The molecule has 1 aliphatic rings. The highest BCUT2D eigenvalue weighted by molar-refractivity contribution is 7.92. The second kappa shape index (κ2) is 6.37. The molecule has 0 radical (unpaired) electrons. The number of aromatic hydroxyl groups is 1. The van der Waals surface area contributed by atoms with Crippen molar-refractivity contribution in [3.05, 3.63) is 17.2 Å². The Labute approximate surface area is 136 Å². The van der Waals surface area contributed by atoms with Crippen molar-refractivity contribution in [1.82, 2.24) is 4.90 Å². The summed E-state index contributed by atoms with van der Waals surface area (Å²) >= 11 is 5.87. The van der Waals surface area contributed by atoms with Gasteiger partial charge >= 0.3 is 6.18 Å². The fraction of sp³-hybridized carbons (Fsp3) is 0.538. The maximum absolute atomic E-state index is 12.6. The maximum atomic E-state index is 12.6. The number of benzene rings is 1. The van der Waals surface area contributed by atoms with Crippen LogP contribution in [0.3, 0.4) is 0 Å². The molecular formula is C13H16ClF3N2O3S. The Balaban J connectivity index is 2.19. The van der Waals surface area contributed by atoms with Crippen molar-refractivity contribution in [2.45, 2.75) is 29.2 Å². The van der Waals surface area contributed by atoms with Gasteiger partial charge in [-0.25, -0.2) is 8.42 Å². The van der Waals surface area contributed by atoms with Gasteiger partial charge in [0.05, 0.1) is 22.5 Å². The molecule has 1 aromatic rings. The van der Waals surface area contributed by atoms with E-state index < -0.39 is 38.5 Å². The summed E-state index contributed by atoms with van der Waals surface area (Å²) in [6.45, 7) is -1.06. The van der Waals surface area contributed by atoms with Crippen LogP contribution in [-0.2, 0) is 9.84 Å². The topological polar surface area (TPSA) is 83.6 Å². The molecule has 0 bridgehead atoms. The van der Waals surface area contributed by atoms with Crippen LogP contribution in [0.15, 0.2) is 17.0 Å². The molecule has 0 aliphatic carbocycles. The fourth-order valence-electron chi connectivity index (χ4n) is 2.63. The van der Waals surface area contributed by atoms with Crippen LogP contribution in [0.4, 0.5) is 18.9 Å². The molecule has 1 aliphatic heterocycles. The van der Waals surface area contributed by atoms with Gasteiger partial charge < -0.3 is 10.8 Å². The molecule has 10 heteroatoms. The Kier molecular flexibility index (Phi) is 5.03. The zero-order valence-electron chi connectivity index (χ0n) is 12.0. The lowest BCUT2D eigenvalue weighted by Gasteiger charge is -2.32. The molecular weight excluding hydrogens is 357 g/mol. The summed E-state index contributed by atoms with van der Waals surface area (Å²) in [5.74, 6) is -0.616. The second-order valence-electron chi connectivity index (χ2n) is 5.45. The van der Waals surface area contributed by atoms with Crippen molar-refractivity contribution in [3.8, 4) is 5.75 Å². The highest BCUT2D eigenvalue weighted by Crippen LogP contribution is 2.39. The molecule has 1 heterocycles. The van der Waals surface area contributed by atoms with E-state index in [9.17, 15) is 26.7 Å². The number of nitrogens with zero attached hydrogens (tertiary/aromatic N) is 1. The first kappa shape index (κ1) is 18.2. The van der Waals surface area contributed by atoms with Gasteiger partial charge in [0.1, 0.15) is 4.90 Å². The summed E-state index contributed by atoms with van der Waals surface area (Å²) in [4.78, 5) is 0.709. The van der Waals surface area contributed by atoms with Crippen LogP contribution in [0.1, 0.15) is 12.8 Å². The van der Waals surface area contributed by atoms with Gasteiger partial charge in [-0.1, -0.05) is 11.6 Å². The van der Waals surface area contributed by atoms with E-state index in [2.05, 4.69) is 0 Å². The molecule has 23 heavy (non-hydrogen) atoms. The van der Waals surface area contributed by atoms with Crippen molar-refractivity contribution in [2.24, 2.45) is 0 Å². The maximum Gasteiger partial charge on any atom is 0.401 e. The minimum Gasteiger partial charge on any atom is -0.504 e. The number of sulfone groups is 1. The monoisotopic (exact) mass is 372 g/mol. The molecule has 0 atom stereocenters. The Morgan fingerprint density at radius 1 is 1.30 bits per heavy atom. The van der Waals surface area contributed by atoms with Gasteiger partial charge in [-0.15, -0.1) is 0 Å². The molecule has 5 nitrogen and oxygen atoms in total. The predicted octanol–water partition coefficient (Wildman–Crippen LogP) is 2.43. The van der Waals surface area contributed by atoms with Crippen molar-refractivity contribution >= 4 is 27.1 Å². The number of hydrogen-bond donors (Lipinski definition) is 2. The molecule has 0 aromatic heterocycles. The number of likely N-dealkylation sites (tertiary alicyclic amines) is 1. The summed E-state index contributed by atoms with van der Waals surface area (Å²) < 4.78 is 62.4. The van der Waals surface area contributed by atoms with Gasteiger partial charge in [0, 0.05) is 0 Å². The molecule has 1 saturated heterocycles. The van der Waals surface area contributed by atoms with Gasteiger partial charge in [0.2, 0.25) is 0 Å². The normalized spacial score (nSPS) is 18.3. The fourth-order valence-corrected chi connectivity index (χ4v) is 5.00. The number of phenolic OH excluding ortho intramolecular Hbond substituents is 1. The minimum atomic E-state index is -4.32. The number of anilines is 1. The standard InChI is InChI=1S/C13H16ClF3N2O3S/c14-9-1-2-10(18)11(20)12(9)23(21,22)8-3-5-19(6-4-8)7-13(15,16)17/h1-2,8,20H,3-7,18H2. The summed E-state index contributed by atoms with van der Waals surface area (Å²) in [5, 5.41) is 8.84. The zero-order chi connectivity index (χ0) is 17.4. The SMILES string of the molecule is Nc1ccc(Cl)c(S(=O)(=O)C2CCN(CC(F)(F)F)CC2)c1O. The van der Waals surface area contributed by atoms with Crippen molar-refractivity contribution in [3.63, 3.8) is 0 Å². The van der Waals surface area contributed by atoms with E-state index in [1.54, 1.807) is 0 Å². The van der Waals surface area contributed by atoms with Crippen molar-refractivity contribution < 1.29 is 26.7 Å². The Morgan fingerprint density at radius 3 is 2.39 bits per heavy atom. The van der Waals surface area contributed by atoms with Gasteiger partial charge in [-0.2, -0.15) is 13.2 Å². The van der Waals surface area contributed by atoms with Crippen LogP contribution in [0.25, 0.3) is 0 Å². The number of halogens is 4. The third kappa shape index (κ3) is 4.02. The lowest BCUT2D eigenvalue weighted by molar-refractivity contribution is -0.147. The molecule has 0 spiro atoms. The van der Waals surface area contributed by atoms with Gasteiger partial charge in [-0.05, 0) is 38.1 Å². The highest BCUT2D eigenvalue weighted by atomic mass is 35.5. The van der Waals surface area contributed by atoms with E-state index >= 15 is 0 Å². The van der Waals surface area contributed by atoms with Crippen LogP contribution < -0.4 is 5.73 Å². The molecule has 1 fully saturated rings. The van der Waals surface area contributed by atoms with E-state index in [0.29, 0.717) is 0 Å². The third-order valence-corrected chi connectivity index (χ3v) is 6.53. The molecule has 130 valence electrons. The van der Waals surface area contributed by atoms with Gasteiger partial charge in [0.25, 0.3) is 0 Å². The first-order valence-corrected chi connectivity index (χ1v) is 8.75. The average molecular weight is 373 g/mol. The molecule has 3 N–H and O–H groups in total. The van der Waals surface area contributed by atoms with Crippen LogP contribution in [0.2, 0.25) is 5.02 Å². The summed E-state index contributed by atoms with van der Waals surface area (Å²) in [6, 6.07) is 2.55. The van der Waals surface area contributed by atoms with Crippen LogP contribution in [-0.4, -0.2) is 49.5 Å². The van der Waals surface area contributed by atoms with E-state index in [1.165, 1.54) is 12.1 Å². The third-order valence-electron chi connectivity index (χ3n) is 3.78. The first-order valence-electron chi connectivity index (χ1n) is 6.82. The number of hydrogen-bond acceptors (Lipinski definition) is 5. The predicted molar refractivity (Wildman–Crippen MR) is 80.2 cm³/mol. The van der Waals surface area contributed by atoms with E-state index in [4.69, 9.17) is 17.3 Å². The summed E-state index contributed by atoms with van der Waals surface area (Å²) in [6.07, 6.45) is -4.26. The largest absolute Gasteiger partial charge is 0.504 e. The Bertz CT molecular complexity index is 686. The van der Waals surface area contributed by atoms with Crippen LogP contribution >= 0.6 is 11.6 Å².